The van der Waals surface area contributed by atoms with E-state index >= 15 is 0 Å². The second-order valence-electron chi connectivity index (χ2n) is 2.62. The molecule has 0 saturated heterocycles. The van der Waals surface area contributed by atoms with Gasteiger partial charge in [0.15, 0.2) is 5.11 Å². The molecule has 3 N–H and O–H groups in total. The Morgan fingerprint density at radius 3 is 2.93 bits per heavy atom. The van der Waals surface area contributed by atoms with Gasteiger partial charge in [0, 0.05) is 0 Å². The Morgan fingerprint density at radius 1 is 1.67 bits per heavy atom. The van der Waals surface area contributed by atoms with Gasteiger partial charge >= 0.3 is 0 Å². The number of hydrogen-bond donors (Lipinski definition) is 2. The van der Waals surface area contributed by atoms with Crippen LogP contribution >= 0.6 is 12.2 Å². The lowest BCUT2D eigenvalue weighted by atomic mass is 10.1. The van der Waals surface area contributed by atoms with Crippen molar-refractivity contribution in [1.82, 2.24) is 5.43 Å². The molecule has 1 aromatic rings. The lowest BCUT2D eigenvalue weighted by Crippen LogP contribution is -2.23. The first kappa shape index (κ1) is 11.1. The molecular weight excluding hydrogens is 213 g/mol. The molecule has 1 rings (SSSR count). The summed E-state index contributed by atoms with van der Waals surface area (Å²) in [5.41, 5.74) is 8.28. The van der Waals surface area contributed by atoms with Gasteiger partial charge in [-0.3, -0.25) is 5.43 Å². The van der Waals surface area contributed by atoms with Crippen LogP contribution in [0.5, 0.6) is 0 Å². The van der Waals surface area contributed by atoms with Crippen molar-refractivity contribution >= 4 is 23.5 Å². The zero-order valence-electron chi connectivity index (χ0n) is 7.70. The normalized spacial score (nSPS) is 9.87. The Bertz CT molecular complexity index is 448. The molecule has 0 aliphatic rings. The van der Waals surface area contributed by atoms with Crippen LogP contribution in [0.15, 0.2) is 23.3 Å². The van der Waals surface area contributed by atoms with E-state index in [0.717, 1.165) is 0 Å². The number of nitrogens with one attached hydrogen (secondary N) is 1. The van der Waals surface area contributed by atoms with Gasteiger partial charge in [-0.1, -0.05) is 12.0 Å². The van der Waals surface area contributed by atoms with Gasteiger partial charge < -0.3 is 5.73 Å². The van der Waals surface area contributed by atoms with Gasteiger partial charge in [-0.25, -0.2) is 4.39 Å². The summed E-state index contributed by atoms with van der Waals surface area (Å²) in [6.07, 6.45) is 6.46. The summed E-state index contributed by atoms with van der Waals surface area (Å²) in [6, 6.07) is 4.42. The Balaban J connectivity index is 2.81. The van der Waals surface area contributed by atoms with Crippen LogP contribution < -0.4 is 11.2 Å². The highest BCUT2D eigenvalue weighted by Gasteiger charge is 1.98. The van der Waals surface area contributed by atoms with Gasteiger partial charge in [0.2, 0.25) is 0 Å². The highest BCUT2D eigenvalue weighted by molar-refractivity contribution is 7.80. The van der Waals surface area contributed by atoms with E-state index in [1.807, 2.05) is 0 Å². The van der Waals surface area contributed by atoms with Crippen LogP contribution in [-0.2, 0) is 0 Å². The molecule has 3 nitrogen and oxygen atoms in total. The summed E-state index contributed by atoms with van der Waals surface area (Å²) in [7, 11) is 0. The molecule has 0 aromatic heterocycles. The van der Waals surface area contributed by atoms with E-state index in [1.54, 1.807) is 6.07 Å². The van der Waals surface area contributed by atoms with E-state index in [9.17, 15) is 4.39 Å². The first-order valence-electron chi connectivity index (χ1n) is 3.98. The Hall–Kier alpha value is -1.93. The van der Waals surface area contributed by atoms with E-state index in [4.69, 9.17) is 12.2 Å². The van der Waals surface area contributed by atoms with Crippen molar-refractivity contribution in [3.05, 3.63) is 35.1 Å². The topological polar surface area (TPSA) is 50.4 Å². The first-order chi connectivity index (χ1) is 7.13. The summed E-state index contributed by atoms with van der Waals surface area (Å²) < 4.78 is 13.2. The number of terminal acetylenes is 1. The fourth-order valence-electron chi connectivity index (χ4n) is 0.899. The molecule has 76 valence electrons. The van der Waals surface area contributed by atoms with E-state index in [-0.39, 0.29) is 10.7 Å². The second kappa shape index (κ2) is 5.08. The zero-order valence-corrected chi connectivity index (χ0v) is 8.51. The number of hydrogen-bond acceptors (Lipinski definition) is 2. The standard InChI is InChI=1S/C10H8FN3S/c1-2-8-4-3-7(5-9(8)11)6-13-14-10(12)15/h1,3-6H,(H3,12,14,15). The minimum Gasteiger partial charge on any atom is -0.375 e. The van der Waals surface area contributed by atoms with Crippen LogP contribution in [0.2, 0.25) is 0 Å². The molecule has 0 atom stereocenters. The van der Waals surface area contributed by atoms with Crippen LogP contribution in [0.3, 0.4) is 0 Å². The van der Waals surface area contributed by atoms with E-state index < -0.39 is 5.82 Å². The van der Waals surface area contributed by atoms with E-state index in [0.29, 0.717) is 5.56 Å². The third-order valence-electron chi connectivity index (χ3n) is 1.54. The predicted molar refractivity (Wildman–Crippen MR) is 61.9 cm³/mol. The van der Waals surface area contributed by atoms with Crippen molar-refractivity contribution in [2.24, 2.45) is 10.8 Å². The molecule has 0 spiro atoms. The summed E-state index contributed by atoms with van der Waals surface area (Å²) in [6.45, 7) is 0. The van der Waals surface area contributed by atoms with Crippen LogP contribution in [0.25, 0.3) is 0 Å². The van der Waals surface area contributed by atoms with Crippen molar-refractivity contribution in [2.45, 2.75) is 0 Å². The maximum Gasteiger partial charge on any atom is 0.184 e. The van der Waals surface area contributed by atoms with E-state index in [1.165, 1.54) is 18.3 Å². The van der Waals surface area contributed by atoms with Crippen molar-refractivity contribution in [2.75, 3.05) is 0 Å². The van der Waals surface area contributed by atoms with Crippen LogP contribution in [0.1, 0.15) is 11.1 Å². The quantitative estimate of drug-likeness (QED) is 0.339. The number of hydrazone groups is 1. The fraction of sp³-hybridized carbons (Fsp3) is 0. The fourth-order valence-corrected chi connectivity index (χ4v) is 0.952. The number of halogens is 1. The summed E-state index contributed by atoms with van der Waals surface area (Å²) in [5.74, 6) is 1.76. The maximum absolute atomic E-state index is 13.2. The lowest BCUT2D eigenvalue weighted by molar-refractivity contribution is 0.624. The lowest BCUT2D eigenvalue weighted by Gasteiger charge is -1.97. The Morgan fingerprint density at radius 2 is 2.40 bits per heavy atom. The van der Waals surface area contributed by atoms with E-state index in [2.05, 4.69) is 28.7 Å². The highest BCUT2D eigenvalue weighted by Crippen LogP contribution is 2.07. The number of nitrogens with zero attached hydrogens (tertiary/aromatic N) is 1. The van der Waals surface area contributed by atoms with Gasteiger partial charge in [0.25, 0.3) is 0 Å². The first-order valence-corrected chi connectivity index (χ1v) is 4.39. The molecule has 0 saturated carbocycles. The summed E-state index contributed by atoms with van der Waals surface area (Å²) >= 11 is 4.53. The van der Waals surface area contributed by atoms with Gasteiger partial charge in [0.05, 0.1) is 11.8 Å². The molecule has 0 heterocycles. The minimum atomic E-state index is -0.461. The largest absolute Gasteiger partial charge is 0.375 e. The molecule has 0 amide bonds. The number of rotatable bonds is 2. The second-order valence-corrected chi connectivity index (χ2v) is 3.06. The number of thiocarbonyl (C=S) groups is 1. The number of nitrogens with two attached hydrogens (primary N) is 1. The summed E-state index contributed by atoms with van der Waals surface area (Å²) in [4.78, 5) is 0. The average molecular weight is 221 g/mol. The molecule has 0 bridgehead atoms. The monoisotopic (exact) mass is 221 g/mol. The molecule has 0 radical (unpaired) electrons. The smallest absolute Gasteiger partial charge is 0.184 e. The molecule has 0 aliphatic carbocycles. The Labute approximate surface area is 92.2 Å². The molecule has 1 aromatic carbocycles. The van der Waals surface area contributed by atoms with Crippen LogP contribution in [0.4, 0.5) is 4.39 Å². The molecule has 0 aliphatic heterocycles. The van der Waals surface area contributed by atoms with Crippen molar-refractivity contribution in [3.63, 3.8) is 0 Å². The third-order valence-corrected chi connectivity index (χ3v) is 1.63. The SMILES string of the molecule is C#Cc1ccc(C=NNC(N)=S)cc1F. The van der Waals surface area contributed by atoms with Crippen molar-refractivity contribution in [3.8, 4) is 12.3 Å². The van der Waals surface area contributed by atoms with Crippen LogP contribution in [0, 0.1) is 18.2 Å². The predicted octanol–water partition coefficient (Wildman–Crippen LogP) is 0.974. The highest BCUT2D eigenvalue weighted by atomic mass is 32.1. The third kappa shape index (κ3) is 3.37. The van der Waals surface area contributed by atoms with Crippen molar-refractivity contribution in [1.29, 1.82) is 0 Å². The zero-order chi connectivity index (χ0) is 11.3. The molecule has 15 heavy (non-hydrogen) atoms. The van der Waals surface area contributed by atoms with Gasteiger partial charge in [0.1, 0.15) is 5.82 Å². The number of benzene rings is 1. The van der Waals surface area contributed by atoms with Crippen LogP contribution in [-0.4, -0.2) is 11.3 Å². The van der Waals surface area contributed by atoms with Gasteiger partial charge in [-0.05, 0) is 29.9 Å². The van der Waals surface area contributed by atoms with Crippen molar-refractivity contribution < 1.29 is 4.39 Å². The van der Waals surface area contributed by atoms with Gasteiger partial charge in [-0.2, -0.15) is 5.10 Å². The molecule has 0 fully saturated rings. The minimum absolute atomic E-state index is 0.0481. The molecular formula is C10H8FN3S. The maximum atomic E-state index is 13.2. The average Bonchev–Trinajstić information content (AvgIpc) is 2.17. The molecule has 5 heteroatoms. The summed E-state index contributed by atoms with van der Waals surface area (Å²) in [5, 5.41) is 3.73. The van der Waals surface area contributed by atoms with Gasteiger partial charge in [-0.15, -0.1) is 6.42 Å². The Kier molecular flexibility index (Phi) is 3.77. The molecule has 0 unspecified atom stereocenters.